The number of fused-ring (bicyclic) bond motifs is 1. The number of aryl methyl sites for hydroxylation is 1. The highest BCUT2D eigenvalue weighted by Crippen LogP contribution is 2.33. The molecule has 0 aliphatic carbocycles. The van der Waals surface area contributed by atoms with Gasteiger partial charge in [-0.2, -0.15) is 0 Å². The summed E-state index contributed by atoms with van der Waals surface area (Å²) in [5, 5.41) is 2.73. The molecule has 6 heteroatoms. The molecular formula is C18H18N2O4. The topological polar surface area (TPSA) is 67.9 Å². The number of benzene rings is 2. The number of amides is 3. The molecule has 0 aromatic heterocycles. The molecule has 0 radical (unpaired) electrons. The van der Waals surface area contributed by atoms with Gasteiger partial charge in [0, 0.05) is 11.8 Å². The Morgan fingerprint density at radius 2 is 1.96 bits per heavy atom. The van der Waals surface area contributed by atoms with Gasteiger partial charge >= 0.3 is 6.03 Å². The second kappa shape index (κ2) is 7.04. The molecule has 1 aliphatic rings. The minimum Gasteiger partial charge on any atom is -0.486 e. The first kappa shape index (κ1) is 15.9. The minimum atomic E-state index is -0.532. The van der Waals surface area contributed by atoms with Gasteiger partial charge in [-0.05, 0) is 36.2 Å². The zero-order valence-corrected chi connectivity index (χ0v) is 13.3. The standard InChI is InChI=1S/C18H18N2O4/c1-2-13-4-3-5-14(10-13)19-18(22)20(12-21)15-6-7-16-17(11-15)24-9-8-23-16/h3-7,10-12H,2,8-9H2,1H3,(H,19,22). The molecule has 1 N–H and O–H groups in total. The summed E-state index contributed by atoms with van der Waals surface area (Å²) in [5.41, 5.74) is 2.16. The van der Waals surface area contributed by atoms with Gasteiger partial charge in [-0.1, -0.05) is 19.1 Å². The zero-order valence-electron chi connectivity index (χ0n) is 13.3. The molecule has 2 aromatic carbocycles. The Morgan fingerprint density at radius 3 is 2.71 bits per heavy atom. The van der Waals surface area contributed by atoms with Gasteiger partial charge in [0.15, 0.2) is 11.5 Å². The molecule has 1 aliphatic heterocycles. The molecule has 0 unspecified atom stereocenters. The van der Waals surface area contributed by atoms with E-state index in [-0.39, 0.29) is 0 Å². The van der Waals surface area contributed by atoms with Gasteiger partial charge in [0.05, 0.1) is 5.69 Å². The maximum atomic E-state index is 12.4. The molecule has 0 bridgehead atoms. The number of urea groups is 1. The summed E-state index contributed by atoms with van der Waals surface area (Å²) in [6, 6.07) is 11.9. The number of hydrogen-bond acceptors (Lipinski definition) is 4. The Labute approximate surface area is 140 Å². The molecule has 0 spiro atoms. The number of ether oxygens (including phenoxy) is 2. The van der Waals surface area contributed by atoms with Crippen LogP contribution in [0.4, 0.5) is 16.2 Å². The van der Waals surface area contributed by atoms with Crippen molar-refractivity contribution in [3.63, 3.8) is 0 Å². The SMILES string of the molecule is CCc1cccc(NC(=O)N(C=O)c2ccc3c(c2)OCCO3)c1. The molecule has 0 fully saturated rings. The highest BCUT2D eigenvalue weighted by atomic mass is 16.6. The largest absolute Gasteiger partial charge is 0.486 e. The summed E-state index contributed by atoms with van der Waals surface area (Å²) >= 11 is 0. The molecule has 24 heavy (non-hydrogen) atoms. The van der Waals surface area contributed by atoms with Gasteiger partial charge in [-0.25, -0.2) is 9.69 Å². The average molecular weight is 326 g/mol. The zero-order chi connectivity index (χ0) is 16.9. The number of rotatable bonds is 4. The first-order valence-corrected chi connectivity index (χ1v) is 7.75. The van der Waals surface area contributed by atoms with Crippen LogP contribution in [0, 0.1) is 0 Å². The van der Waals surface area contributed by atoms with Crippen LogP contribution in [-0.4, -0.2) is 25.7 Å². The van der Waals surface area contributed by atoms with Gasteiger partial charge in [0.25, 0.3) is 0 Å². The van der Waals surface area contributed by atoms with E-state index >= 15 is 0 Å². The second-order valence-electron chi connectivity index (χ2n) is 5.29. The lowest BCUT2D eigenvalue weighted by atomic mass is 10.1. The van der Waals surface area contributed by atoms with Crippen LogP contribution in [0.1, 0.15) is 12.5 Å². The number of anilines is 2. The lowest BCUT2D eigenvalue weighted by Gasteiger charge is -2.21. The van der Waals surface area contributed by atoms with Gasteiger partial charge in [-0.3, -0.25) is 4.79 Å². The van der Waals surface area contributed by atoms with Crippen LogP contribution in [0.15, 0.2) is 42.5 Å². The highest BCUT2D eigenvalue weighted by molar-refractivity contribution is 6.12. The van der Waals surface area contributed by atoms with E-state index in [4.69, 9.17) is 9.47 Å². The van der Waals surface area contributed by atoms with Gasteiger partial charge < -0.3 is 14.8 Å². The molecule has 2 aromatic rings. The monoisotopic (exact) mass is 326 g/mol. The van der Waals surface area contributed by atoms with Crippen molar-refractivity contribution >= 4 is 23.8 Å². The maximum absolute atomic E-state index is 12.4. The summed E-state index contributed by atoms with van der Waals surface area (Å²) in [7, 11) is 0. The molecular weight excluding hydrogens is 308 g/mol. The van der Waals surface area contributed by atoms with Gasteiger partial charge in [0.2, 0.25) is 6.41 Å². The lowest BCUT2D eigenvalue weighted by Crippen LogP contribution is -2.33. The Morgan fingerprint density at radius 1 is 1.17 bits per heavy atom. The summed E-state index contributed by atoms with van der Waals surface area (Å²) in [5.74, 6) is 1.12. The van der Waals surface area contributed by atoms with Crippen molar-refractivity contribution < 1.29 is 19.1 Å². The van der Waals surface area contributed by atoms with E-state index < -0.39 is 6.03 Å². The van der Waals surface area contributed by atoms with Crippen LogP contribution in [0.25, 0.3) is 0 Å². The first-order chi connectivity index (χ1) is 11.7. The smallest absolute Gasteiger partial charge is 0.332 e. The second-order valence-corrected chi connectivity index (χ2v) is 5.29. The van der Waals surface area contributed by atoms with Crippen LogP contribution >= 0.6 is 0 Å². The van der Waals surface area contributed by atoms with Crippen molar-refractivity contribution in [2.24, 2.45) is 0 Å². The van der Waals surface area contributed by atoms with E-state index in [0.717, 1.165) is 16.9 Å². The predicted molar refractivity (Wildman–Crippen MR) is 90.8 cm³/mol. The number of nitrogens with one attached hydrogen (secondary N) is 1. The molecule has 3 amide bonds. The molecule has 0 atom stereocenters. The Balaban J connectivity index is 1.80. The molecule has 0 saturated carbocycles. The number of carbonyl (C=O) groups excluding carboxylic acids is 2. The first-order valence-electron chi connectivity index (χ1n) is 7.75. The normalized spacial score (nSPS) is 12.4. The van der Waals surface area contributed by atoms with E-state index in [2.05, 4.69) is 5.32 Å². The quantitative estimate of drug-likeness (QED) is 0.876. The summed E-state index contributed by atoms with van der Waals surface area (Å²) in [6.45, 7) is 2.96. The van der Waals surface area contributed by atoms with E-state index in [1.165, 1.54) is 0 Å². The third-order valence-electron chi connectivity index (χ3n) is 3.71. The van der Waals surface area contributed by atoms with Gasteiger partial charge in [-0.15, -0.1) is 0 Å². The molecule has 3 rings (SSSR count). The van der Waals surface area contributed by atoms with Crippen molar-refractivity contribution in [2.45, 2.75) is 13.3 Å². The van der Waals surface area contributed by atoms with E-state index in [0.29, 0.717) is 42.5 Å². The third-order valence-corrected chi connectivity index (χ3v) is 3.71. The number of nitrogens with zero attached hydrogens (tertiary/aromatic N) is 1. The van der Waals surface area contributed by atoms with Crippen molar-refractivity contribution in [1.29, 1.82) is 0 Å². The van der Waals surface area contributed by atoms with Crippen LogP contribution in [-0.2, 0) is 11.2 Å². The van der Waals surface area contributed by atoms with Crippen molar-refractivity contribution in [2.75, 3.05) is 23.4 Å². The van der Waals surface area contributed by atoms with Crippen LogP contribution in [0.2, 0.25) is 0 Å². The maximum Gasteiger partial charge on any atom is 0.332 e. The number of hydrogen-bond donors (Lipinski definition) is 1. The van der Waals surface area contributed by atoms with Crippen LogP contribution in [0.5, 0.6) is 11.5 Å². The van der Waals surface area contributed by atoms with Crippen molar-refractivity contribution in [1.82, 2.24) is 0 Å². The molecule has 124 valence electrons. The predicted octanol–water partition coefficient (Wildman–Crippen LogP) is 3.22. The van der Waals surface area contributed by atoms with Crippen molar-refractivity contribution in [3.05, 3.63) is 48.0 Å². The highest BCUT2D eigenvalue weighted by Gasteiger charge is 2.19. The van der Waals surface area contributed by atoms with E-state index in [9.17, 15) is 9.59 Å². The Kier molecular flexibility index (Phi) is 4.65. The summed E-state index contributed by atoms with van der Waals surface area (Å²) < 4.78 is 10.9. The number of carbonyl (C=O) groups is 2. The fourth-order valence-corrected chi connectivity index (χ4v) is 2.46. The fraction of sp³-hybridized carbons (Fsp3) is 0.222. The molecule has 0 saturated heterocycles. The third kappa shape index (κ3) is 3.32. The number of imide groups is 1. The molecule has 6 nitrogen and oxygen atoms in total. The molecule has 1 heterocycles. The average Bonchev–Trinajstić information content (AvgIpc) is 2.62. The fourth-order valence-electron chi connectivity index (χ4n) is 2.46. The van der Waals surface area contributed by atoms with E-state index in [1.54, 1.807) is 24.3 Å². The van der Waals surface area contributed by atoms with Crippen LogP contribution in [0.3, 0.4) is 0 Å². The van der Waals surface area contributed by atoms with Crippen molar-refractivity contribution in [3.8, 4) is 11.5 Å². The minimum absolute atomic E-state index is 0.415. The van der Waals surface area contributed by atoms with E-state index in [1.807, 2.05) is 25.1 Å². The Hall–Kier alpha value is -3.02. The Bertz CT molecular complexity index is 760. The van der Waals surface area contributed by atoms with Gasteiger partial charge in [0.1, 0.15) is 13.2 Å². The van der Waals surface area contributed by atoms with Crippen LogP contribution < -0.4 is 19.7 Å². The summed E-state index contributed by atoms with van der Waals surface area (Å²) in [6.07, 6.45) is 1.34. The summed E-state index contributed by atoms with van der Waals surface area (Å²) in [4.78, 5) is 24.8. The lowest BCUT2D eigenvalue weighted by molar-refractivity contribution is -0.106.